The molecule has 0 aromatic carbocycles. The van der Waals surface area contributed by atoms with Crippen LogP contribution in [0.15, 0.2) is 0 Å². The number of rotatable bonds is 1. The molecule has 2 heterocycles. The first kappa shape index (κ1) is 11.4. The van der Waals surface area contributed by atoms with E-state index in [1.165, 1.54) is 0 Å². The quantitative estimate of drug-likeness (QED) is 0.629. The molecule has 90 valence electrons. The average molecular weight is 225 g/mol. The number of nitrogens with two attached hydrogens (primary N) is 1. The van der Waals surface area contributed by atoms with E-state index in [4.69, 9.17) is 5.73 Å². The second-order valence-corrected chi connectivity index (χ2v) is 4.87. The molecule has 2 aliphatic heterocycles. The van der Waals surface area contributed by atoms with Crippen molar-refractivity contribution in [3.05, 3.63) is 0 Å². The predicted octanol–water partition coefficient (Wildman–Crippen LogP) is -0.539. The van der Waals surface area contributed by atoms with Gasteiger partial charge >= 0.3 is 0 Å². The zero-order chi connectivity index (χ0) is 11.7. The van der Waals surface area contributed by atoms with Crippen LogP contribution in [0, 0.1) is 5.92 Å². The maximum atomic E-state index is 12.1. The van der Waals surface area contributed by atoms with Gasteiger partial charge < -0.3 is 16.0 Å². The van der Waals surface area contributed by atoms with Crippen molar-refractivity contribution in [1.29, 1.82) is 0 Å². The summed E-state index contributed by atoms with van der Waals surface area (Å²) in [5.74, 6) is 0.388. The van der Waals surface area contributed by atoms with Gasteiger partial charge in [0.15, 0.2) is 0 Å². The Balaban J connectivity index is 1.92. The smallest absolute Gasteiger partial charge is 0.245 e. The van der Waals surface area contributed by atoms with Crippen LogP contribution in [-0.2, 0) is 9.59 Å². The van der Waals surface area contributed by atoms with Gasteiger partial charge in [-0.2, -0.15) is 0 Å². The normalized spacial score (nSPS) is 35.0. The summed E-state index contributed by atoms with van der Waals surface area (Å²) in [6, 6.07) is -0.101. The third-order valence-electron chi connectivity index (χ3n) is 3.58. The van der Waals surface area contributed by atoms with Gasteiger partial charge in [-0.05, 0) is 18.8 Å². The van der Waals surface area contributed by atoms with Gasteiger partial charge in [0.1, 0.15) is 6.04 Å². The summed E-state index contributed by atoms with van der Waals surface area (Å²) in [6.45, 7) is 3.50. The van der Waals surface area contributed by atoms with E-state index >= 15 is 0 Å². The Kier molecular flexibility index (Phi) is 3.14. The summed E-state index contributed by atoms with van der Waals surface area (Å²) in [6.07, 6.45) is 1.96. The third kappa shape index (κ3) is 2.19. The van der Waals surface area contributed by atoms with Crippen molar-refractivity contribution in [2.75, 3.05) is 13.1 Å². The summed E-state index contributed by atoms with van der Waals surface area (Å²) >= 11 is 0. The van der Waals surface area contributed by atoms with Crippen LogP contribution in [0.1, 0.15) is 26.2 Å². The first-order valence-corrected chi connectivity index (χ1v) is 5.91. The Morgan fingerprint density at radius 1 is 1.50 bits per heavy atom. The number of nitrogens with one attached hydrogen (secondary N) is 1. The van der Waals surface area contributed by atoms with Crippen LogP contribution in [0.4, 0.5) is 0 Å². The number of hydrogen-bond donors (Lipinski definition) is 2. The maximum absolute atomic E-state index is 12.1. The van der Waals surface area contributed by atoms with E-state index in [9.17, 15) is 9.59 Å². The number of piperidine rings is 1. The Labute approximate surface area is 95.3 Å². The molecule has 2 amide bonds. The Morgan fingerprint density at radius 2 is 2.25 bits per heavy atom. The molecule has 3 atom stereocenters. The molecule has 0 aliphatic carbocycles. The van der Waals surface area contributed by atoms with Crippen molar-refractivity contribution in [3.8, 4) is 0 Å². The van der Waals surface area contributed by atoms with Gasteiger partial charge in [0.25, 0.3) is 0 Å². The van der Waals surface area contributed by atoms with Crippen LogP contribution < -0.4 is 11.1 Å². The number of nitrogens with zero attached hydrogens (tertiary/aromatic N) is 1. The van der Waals surface area contributed by atoms with Gasteiger partial charge in [-0.25, -0.2) is 0 Å². The summed E-state index contributed by atoms with van der Waals surface area (Å²) < 4.78 is 0. The van der Waals surface area contributed by atoms with Gasteiger partial charge in [-0.3, -0.25) is 9.59 Å². The van der Waals surface area contributed by atoms with E-state index in [1.54, 1.807) is 0 Å². The van der Waals surface area contributed by atoms with Crippen LogP contribution >= 0.6 is 0 Å². The monoisotopic (exact) mass is 225 g/mol. The van der Waals surface area contributed by atoms with E-state index in [0.29, 0.717) is 25.3 Å². The lowest BCUT2D eigenvalue weighted by atomic mass is 9.94. The van der Waals surface area contributed by atoms with E-state index in [1.807, 2.05) is 4.90 Å². The minimum Gasteiger partial charge on any atom is -0.344 e. The molecule has 2 fully saturated rings. The topological polar surface area (TPSA) is 75.4 Å². The summed E-state index contributed by atoms with van der Waals surface area (Å²) in [7, 11) is 0. The van der Waals surface area contributed by atoms with Crippen molar-refractivity contribution in [2.45, 2.75) is 38.3 Å². The van der Waals surface area contributed by atoms with Crippen LogP contribution in [0.25, 0.3) is 0 Å². The molecule has 2 aliphatic rings. The zero-order valence-electron chi connectivity index (χ0n) is 9.61. The van der Waals surface area contributed by atoms with Crippen LogP contribution in [0.5, 0.6) is 0 Å². The molecular weight excluding hydrogens is 206 g/mol. The molecule has 0 bridgehead atoms. The minimum atomic E-state index is -0.297. The van der Waals surface area contributed by atoms with E-state index in [2.05, 4.69) is 12.2 Å². The molecule has 0 saturated carbocycles. The fourth-order valence-electron chi connectivity index (χ4n) is 2.38. The molecule has 3 N–H and O–H groups in total. The highest BCUT2D eigenvalue weighted by atomic mass is 16.2. The Morgan fingerprint density at radius 3 is 2.81 bits per heavy atom. The highest BCUT2D eigenvalue weighted by molar-refractivity contribution is 5.90. The lowest BCUT2D eigenvalue weighted by Gasteiger charge is -2.36. The second-order valence-electron chi connectivity index (χ2n) is 4.87. The molecule has 0 radical (unpaired) electrons. The van der Waals surface area contributed by atoms with Gasteiger partial charge in [0, 0.05) is 25.6 Å². The number of hydrogen-bond acceptors (Lipinski definition) is 3. The number of amides is 2. The van der Waals surface area contributed by atoms with Crippen molar-refractivity contribution < 1.29 is 9.59 Å². The zero-order valence-corrected chi connectivity index (χ0v) is 9.61. The highest BCUT2D eigenvalue weighted by Gasteiger charge is 2.33. The van der Waals surface area contributed by atoms with Gasteiger partial charge in [0.2, 0.25) is 11.8 Å². The predicted molar refractivity (Wildman–Crippen MR) is 59.5 cm³/mol. The standard InChI is InChI=1S/C11H19N3O2/c1-7-6-14(5-4-8(7)12)11(16)9-2-3-10(15)13-9/h7-9H,2-6,12H2,1H3,(H,13,15)/t7?,8?,9-/m1/s1. The minimum absolute atomic E-state index is 0.0138. The first-order chi connectivity index (χ1) is 7.58. The number of likely N-dealkylation sites (tertiary alicyclic amines) is 1. The Bertz CT molecular complexity index is 306. The molecule has 0 aromatic heterocycles. The molecule has 2 rings (SSSR count). The van der Waals surface area contributed by atoms with Gasteiger partial charge in [-0.1, -0.05) is 6.92 Å². The molecule has 5 nitrogen and oxygen atoms in total. The van der Waals surface area contributed by atoms with Gasteiger partial charge in [-0.15, -0.1) is 0 Å². The van der Waals surface area contributed by atoms with Crippen LogP contribution in [0.3, 0.4) is 0 Å². The Hall–Kier alpha value is -1.10. The summed E-state index contributed by atoms with van der Waals surface area (Å²) in [5, 5.41) is 2.72. The summed E-state index contributed by atoms with van der Waals surface area (Å²) in [4.78, 5) is 25.0. The fraction of sp³-hybridized carbons (Fsp3) is 0.818. The summed E-state index contributed by atoms with van der Waals surface area (Å²) in [5.41, 5.74) is 5.91. The number of carbonyl (C=O) groups excluding carboxylic acids is 2. The average Bonchev–Trinajstić information content (AvgIpc) is 2.68. The molecule has 0 spiro atoms. The van der Waals surface area contributed by atoms with Gasteiger partial charge in [0.05, 0.1) is 0 Å². The van der Waals surface area contributed by atoms with E-state index in [0.717, 1.165) is 13.0 Å². The molecule has 2 unspecified atom stereocenters. The highest BCUT2D eigenvalue weighted by Crippen LogP contribution is 2.18. The number of carbonyl (C=O) groups is 2. The van der Waals surface area contributed by atoms with E-state index in [-0.39, 0.29) is 23.9 Å². The van der Waals surface area contributed by atoms with Crippen molar-refractivity contribution in [2.24, 2.45) is 11.7 Å². The lowest BCUT2D eigenvalue weighted by Crippen LogP contribution is -2.52. The molecule has 0 aromatic rings. The maximum Gasteiger partial charge on any atom is 0.245 e. The first-order valence-electron chi connectivity index (χ1n) is 5.91. The van der Waals surface area contributed by atoms with E-state index < -0.39 is 0 Å². The van der Waals surface area contributed by atoms with Crippen molar-refractivity contribution in [3.63, 3.8) is 0 Å². The third-order valence-corrected chi connectivity index (χ3v) is 3.58. The fourth-order valence-corrected chi connectivity index (χ4v) is 2.38. The van der Waals surface area contributed by atoms with Crippen molar-refractivity contribution >= 4 is 11.8 Å². The van der Waals surface area contributed by atoms with Crippen LogP contribution in [-0.4, -0.2) is 41.9 Å². The van der Waals surface area contributed by atoms with Crippen molar-refractivity contribution in [1.82, 2.24) is 10.2 Å². The second kappa shape index (κ2) is 4.41. The molecule has 5 heteroatoms. The lowest BCUT2D eigenvalue weighted by molar-refractivity contribution is -0.136. The molecular formula is C11H19N3O2. The largest absolute Gasteiger partial charge is 0.344 e. The SMILES string of the molecule is CC1CN(C(=O)[C@H]2CCC(=O)N2)CCC1N. The molecule has 16 heavy (non-hydrogen) atoms. The molecule has 2 saturated heterocycles. The van der Waals surface area contributed by atoms with Crippen LogP contribution in [0.2, 0.25) is 0 Å².